The molecule has 0 atom stereocenters. The number of nitrogens with two attached hydrogens (primary N) is 1. The number of benzene rings is 16. The van der Waals surface area contributed by atoms with Crippen molar-refractivity contribution in [1.29, 1.82) is 5.41 Å². The van der Waals surface area contributed by atoms with Crippen molar-refractivity contribution < 1.29 is 9.59 Å². The molecule has 0 unspecified atom stereocenters. The van der Waals surface area contributed by atoms with Crippen molar-refractivity contribution in [1.82, 2.24) is 29.9 Å². The van der Waals surface area contributed by atoms with Crippen LogP contribution in [0, 0.1) is 5.41 Å². The maximum atomic E-state index is 10.9. The number of carbonyl (C=O) groups excluding carboxylic acids is 2. The first-order valence-corrected chi connectivity index (χ1v) is 37.8. The molecule has 0 radical (unpaired) electrons. The van der Waals surface area contributed by atoms with Crippen LogP contribution in [0.25, 0.3) is 157 Å². The van der Waals surface area contributed by atoms with Gasteiger partial charge in [0.2, 0.25) is 0 Å². The lowest BCUT2D eigenvalue weighted by atomic mass is 10.00. The second-order valence-corrected chi connectivity index (χ2v) is 27.1. The summed E-state index contributed by atoms with van der Waals surface area (Å²) >= 11 is 0. The Morgan fingerprint density at radius 1 is 0.190 bits per heavy atom. The fourth-order valence-corrected chi connectivity index (χ4v) is 13.4. The zero-order valence-corrected chi connectivity index (χ0v) is 63.9. The SMILES string of the molecule is Cl.N=C(N)c1cc(C=O)cc(-c2ccccc2)c1.O=Cc1cccc(-c2ccccc2)c1.c1ccc(-c2cccc(-c3nc(-c4cccc(-c5ccccc5)c4)nc(-c4cccc(-c5ccccc5)c4)n3)c2)cc1.c1ccc(-c2cccc(-c3nc(-c4cccc(-c5ccccc5)c4)nc(-c4cccc(-c5ccccc5)c4)n3)c2)cc1. The monoisotopic (exact) mass is 1520 g/mol. The number of hydrogen-bond donors (Lipinski definition) is 2. The topological polar surface area (TPSA) is 161 Å². The first kappa shape index (κ1) is 77.4. The molecule has 2 aromatic heterocycles. The van der Waals surface area contributed by atoms with Crippen LogP contribution in [0.15, 0.2) is 431 Å². The molecular formula is C105H77ClN8O2. The predicted octanol–water partition coefficient (Wildman–Crippen LogP) is 25.8. The van der Waals surface area contributed by atoms with E-state index in [0.29, 0.717) is 51.6 Å². The first-order valence-electron chi connectivity index (χ1n) is 37.8. The zero-order valence-electron chi connectivity index (χ0n) is 63.1. The maximum absolute atomic E-state index is 10.9. The number of amidine groups is 1. The van der Waals surface area contributed by atoms with Gasteiger partial charge in [-0.25, -0.2) is 29.9 Å². The molecule has 0 saturated carbocycles. The largest absolute Gasteiger partial charge is 0.384 e. The lowest BCUT2D eigenvalue weighted by Crippen LogP contribution is -2.11. The molecule has 0 aliphatic rings. The molecule has 16 aromatic carbocycles. The van der Waals surface area contributed by atoms with E-state index >= 15 is 0 Å². The number of halogens is 1. The van der Waals surface area contributed by atoms with Gasteiger partial charge < -0.3 is 5.73 Å². The number of nitrogens with zero attached hydrogens (tertiary/aromatic N) is 6. The Kier molecular flexibility index (Phi) is 25.4. The fraction of sp³-hybridized carbons (Fsp3) is 0. The molecule has 0 amide bonds. The highest BCUT2D eigenvalue weighted by molar-refractivity contribution is 5.98. The van der Waals surface area contributed by atoms with E-state index < -0.39 is 0 Å². The van der Waals surface area contributed by atoms with E-state index in [2.05, 4.69) is 291 Å². The molecule has 10 nitrogen and oxygen atoms in total. The van der Waals surface area contributed by atoms with E-state index in [4.69, 9.17) is 41.0 Å². The summed E-state index contributed by atoms with van der Waals surface area (Å²) in [5.41, 5.74) is 30.7. The summed E-state index contributed by atoms with van der Waals surface area (Å²) < 4.78 is 0. The highest BCUT2D eigenvalue weighted by Crippen LogP contribution is 2.35. The van der Waals surface area contributed by atoms with Gasteiger partial charge in [-0.3, -0.25) is 15.0 Å². The number of nitrogens with one attached hydrogen (secondary N) is 1. The van der Waals surface area contributed by atoms with Crippen LogP contribution in [0.5, 0.6) is 0 Å². The summed E-state index contributed by atoms with van der Waals surface area (Å²) in [5, 5.41) is 7.43. The zero-order chi connectivity index (χ0) is 78.3. The van der Waals surface area contributed by atoms with Crippen LogP contribution in [0.3, 0.4) is 0 Å². The standard InChI is InChI=1S/2C39H27N3.C14H12N2O.C13H10O.ClH/c2*1-4-13-28(14-5-1)31-19-10-22-34(25-31)37-40-38(35-23-11-20-32(26-35)29-15-6-2-7-16-29)42-39(41-37)36-24-12-21-33(27-36)30-17-8-3-9-18-30;15-14(16)13-7-10(9-17)6-12(8-13)11-4-2-1-3-5-11;14-10-11-5-4-8-13(9-11)12-6-2-1-3-7-12;/h2*1-27H;1-9H,(H3,15,16);1-10H;1H. The normalized spacial score (nSPS) is 10.5. The van der Waals surface area contributed by atoms with Crippen LogP contribution in [-0.4, -0.2) is 48.3 Å². The third-order valence-electron chi connectivity index (χ3n) is 19.3. The molecule has 18 rings (SSSR count). The Balaban J connectivity index is 0.000000140. The van der Waals surface area contributed by atoms with E-state index in [0.717, 1.165) is 135 Å². The second-order valence-electron chi connectivity index (χ2n) is 27.1. The van der Waals surface area contributed by atoms with Crippen LogP contribution in [0.4, 0.5) is 0 Å². The number of hydrogen-bond acceptors (Lipinski definition) is 9. The summed E-state index contributed by atoms with van der Waals surface area (Å²) in [6.07, 6.45) is 1.63. The molecule has 0 bridgehead atoms. The summed E-state index contributed by atoms with van der Waals surface area (Å²) in [4.78, 5) is 51.6. The Bertz CT molecular complexity index is 5570. The van der Waals surface area contributed by atoms with Gasteiger partial charge >= 0.3 is 0 Å². The Morgan fingerprint density at radius 3 is 0.569 bits per heavy atom. The number of nitrogen functional groups attached to an aromatic ring is 1. The molecule has 2 heterocycles. The Hall–Kier alpha value is -15.4. The lowest BCUT2D eigenvalue weighted by Gasteiger charge is -2.11. The maximum Gasteiger partial charge on any atom is 0.164 e. The second kappa shape index (κ2) is 38.0. The minimum atomic E-state index is -0.0362. The van der Waals surface area contributed by atoms with Crippen LogP contribution in [0.2, 0.25) is 0 Å². The molecule has 0 fully saturated rings. The van der Waals surface area contributed by atoms with Gasteiger partial charge in [0.15, 0.2) is 34.9 Å². The molecular weight excluding hydrogens is 1440 g/mol. The molecule has 0 spiro atoms. The molecule has 11 heteroatoms. The predicted molar refractivity (Wildman–Crippen MR) is 478 cm³/mol. The molecule has 0 aliphatic carbocycles. The summed E-state index contributed by atoms with van der Waals surface area (Å²) in [6, 6.07) is 145. The first-order chi connectivity index (χ1) is 56.7. The average Bonchev–Trinajstić information content (AvgIpc) is 0.790. The van der Waals surface area contributed by atoms with Crippen molar-refractivity contribution in [2.24, 2.45) is 5.73 Å². The van der Waals surface area contributed by atoms with Crippen molar-refractivity contribution in [3.8, 4) is 157 Å². The van der Waals surface area contributed by atoms with Crippen LogP contribution in [-0.2, 0) is 0 Å². The van der Waals surface area contributed by atoms with Crippen molar-refractivity contribution >= 4 is 30.8 Å². The molecule has 18 aromatic rings. The quantitative estimate of drug-likeness (QED) is 0.0513. The molecule has 0 saturated heterocycles. The third kappa shape index (κ3) is 19.7. The van der Waals surface area contributed by atoms with E-state index in [1.165, 1.54) is 0 Å². The molecule has 0 aliphatic heterocycles. The van der Waals surface area contributed by atoms with E-state index in [1.54, 1.807) is 18.2 Å². The van der Waals surface area contributed by atoms with Crippen molar-refractivity contribution in [3.05, 3.63) is 447 Å². The number of aldehydes is 2. The van der Waals surface area contributed by atoms with Crippen LogP contribution < -0.4 is 5.73 Å². The average molecular weight is 1520 g/mol. The molecule has 3 N–H and O–H groups in total. The minimum absolute atomic E-state index is 0. The molecule has 116 heavy (non-hydrogen) atoms. The van der Waals surface area contributed by atoms with Gasteiger partial charge in [-0.15, -0.1) is 12.4 Å². The van der Waals surface area contributed by atoms with Gasteiger partial charge in [-0.1, -0.05) is 370 Å². The van der Waals surface area contributed by atoms with Crippen LogP contribution in [0.1, 0.15) is 26.3 Å². The number of carbonyl (C=O) groups is 2. The van der Waals surface area contributed by atoms with E-state index in [-0.39, 0.29) is 18.2 Å². The van der Waals surface area contributed by atoms with Gasteiger partial charge in [0, 0.05) is 50.1 Å². The lowest BCUT2D eigenvalue weighted by molar-refractivity contribution is 0.111. The van der Waals surface area contributed by atoms with Crippen molar-refractivity contribution in [2.45, 2.75) is 0 Å². The summed E-state index contributed by atoms with van der Waals surface area (Å²) in [5.74, 6) is 3.81. The Morgan fingerprint density at radius 2 is 0.362 bits per heavy atom. The third-order valence-corrected chi connectivity index (χ3v) is 19.3. The number of rotatable bonds is 17. The minimum Gasteiger partial charge on any atom is -0.384 e. The fourth-order valence-electron chi connectivity index (χ4n) is 13.4. The van der Waals surface area contributed by atoms with Crippen molar-refractivity contribution in [2.75, 3.05) is 0 Å². The van der Waals surface area contributed by atoms with Gasteiger partial charge in [-0.05, 0) is 150 Å². The summed E-state index contributed by atoms with van der Waals surface area (Å²) in [6.45, 7) is 0. The summed E-state index contributed by atoms with van der Waals surface area (Å²) in [7, 11) is 0. The number of aromatic nitrogens is 6. The van der Waals surface area contributed by atoms with E-state index in [9.17, 15) is 9.59 Å². The highest BCUT2D eigenvalue weighted by Gasteiger charge is 2.18. The van der Waals surface area contributed by atoms with Crippen LogP contribution >= 0.6 is 12.4 Å². The van der Waals surface area contributed by atoms with Crippen molar-refractivity contribution in [3.63, 3.8) is 0 Å². The highest BCUT2D eigenvalue weighted by atomic mass is 35.5. The Labute approximate surface area is 681 Å². The smallest absolute Gasteiger partial charge is 0.164 e. The van der Waals surface area contributed by atoms with Gasteiger partial charge in [0.05, 0.1) is 0 Å². The van der Waals surface area contributed by atoms with E-state index in [1.807, 2.05) is 121 Å². The van der Waals surface area contributed by atoms with Gasteiger partial charge in [0.25, 0.3) is 0 Å². The molecule has 556 valence electrons. The van der Waals surface area contributed by atoms with Gasteiger partial charge in [0.1, 0.15) is 18.4 Å². The van der Waals surface area contributed by atoms with Gasteiger partial charge in [-0.2, -0.15) is 0 Å².